The molecule has 0 atom stereocenters. The lowest BCUT2D eigenvalue weighted by atomic mass is 10.1. The number of aryl methyl sites for hydroxylation is 1. The topological polar surface area (TPSA) is 34.0 Å². The van der Waals surface area contributed by atoms with Crippen LogP contribution >= 0.6 is 11.6 Å². The Kier molecular flexibility index (Phi) is 4.39. The number of carbonyl (C=O) groups is 1. The number of fused-ring (bicyclic) bond motifs is 1. The van der Waals surface area contributed by atoms with Crippen LogP contribution in [0, 0.1) is 6.92 Å². The van der Waals surface area contributed by atoms with E-state index in [2.05, 4.69) is 28.9 Å². The molecule has 1 aromatic heterocycles. The normalized spacial score (nSPS) is 10.9. The quantitative estimate of drug-likeness (QED) is 0.772. The molecular formula is C19H19ClN2O. The van der Waals surface area contributed by atoms with Crippen molar-refractivity contribution in [3.8, 4) is 0 Å². The summed E-state index contributed by atoms with van der Waals surface area (Å²) < 4.78 is 2.13. The van der Waals surface area contributed by atoms with Crippen LogP contribution in [0.5, 0.6) is 0 Å². The molecule has 0 saturated heterocycles. The van der Waals surface area contributed by atoms with Gasteiger partial charge in [-0.3, -0.25) is 4.79 Å². The number of amides is 1. The van der Waals surface area contributed by atoms with E-state index < -0.39 is 0 Å². The molecule has 0 radical (unpaired) electrons. The third-order valence-corrected chi connectivity index (χ3v) is 4.67. The van der Waals surface area contributed by atoms with Crippen molar-refractivity contribution in [3.63, 3.8) is 0 Å². The summed E-state index contributed by atoms with van der Waals surface area (Å²) in [5, 5.41) is 4.77. The van der Waals surface area contributed by atoms with Crippen LogP contribution in [0.3, 0.4) is 0 Å². The predicted molar refractivity (Wildman–Crippen MR) is 94.7 cm³/mol. The number of nitrogens with zero attached hydrogens (tertiary/aromatic N) is 1. The molecule has 3 nitrogen and oxygen atoms in total. The van der Waals surface area contributed by atoms with Crippen LogP contribution in [-0.4, -0.2) is 10.5 Å². The molecule has 0 bridgehead atoms. The van der Waals surface area contributed by atoms with E-state index in [1.54, 1.807) is 0 Å². The fraction of sp³-hybridized carbons (Fsp3) is 0.211. The number of rotatable bonds is 4. The fourth-order valence-corrected chi connectivity index (χ4v) is 3.08. The standard InChI is InChI=1S/C19H19ClN2O/c1-13-16(15-8-4-6-10-18(15)22(13)2)11-19(23)21-12-14-7-3-5-9-17(14)20/h3-10H,11-12H2,1-2H3,(H,21,23). The molecule has 4 heteroatoms. The molecule has 0 unspecified atom stereocenters. The number of aromatic nitrogens is 1. The third kappa shape index (κ3) is 3.10. The molecular weight excluding hydrogens is 308 g/mol. The molecule has 0 saturated carbocycles. The Morgan fingerprint density at radius 1 is 1.13 bits per heavy atom. The second kappa shape index (κ2) is 6.47. The summed E-state index contributed by atoms with van der Waals surface area (Å²) in [6.45, 7) is 2.50. The largest absolute Gasteiger partial charge is 0.352 e. The van der Waals surface area contributed by atoms with Gasteiger partial charge in [-0.15, -0.1) is 0 Å². The van der Waals surface area contributed by atoms with Crippen molar-refractivity contribution in [1.29, 1.82) is 0 Å². The van der Waals surface area contributed by atoms with Crippen LogP contribution in [0.15, 0.2) is 48.5 Å². The highest BCUT2D eigenvalue weighted by Gasteiger charge is 2.14. The Bertz CT molecular complexity index is 867. The summed E-state index contributed by atoms with van der Waals surface area (Å²) in [6, 6.07) is 15.7. The van der Waals surface area contributed by atoms with Crippen LogP contribution in [0.1, 0.15) is 16.8 Å². The maximum Gasteiger partial charge on any atom is 0.224 e. The Morgan fingerprint density at radius 2 is 1.83 bits per heavy atom. The zero-order chi connectivity index (χ0) is 16.4. The van der Waals surface area contributed by atoms with Crippen molar-refractivity contribution in [2.75, 3.05) is 0 Å². The minimum absolute atomic E-state index is 0.00405. The first-order valence-electron chi connectivity index (χ1n) is 7.61. The molecule has 3 rings (SSSR count). The highest BCUT2D eigenvalue weighted by Crippen LogP contribution is 2.25. The molecule has 0 aliphatic heterocycles. The first-order valence-corrected chi connectivity index (χ1v) is 7.98. The lowest BCUT2D eigenvalue weighted by molar-refractivity contribution is -0.120. The molecule has 0 fully saturated rings. The molecule has 0 spiro atoms. The zero-order valence-corrected chi connectivity index (χ0v) is 14.0. The first-order chi connectivity index (χ1) is 11.1. The number of para-hydroxylation sites is 1. The minimum Gasteiger partial charge on any atom is -0.352 e. The Balaban J connectivity index is 1.76. The van der Waals surface area contributed by atoms with E-state index in [-0.39, 0.29) is 5.91 Å². The number of benzene rings is 2. The van der Waals surface area contributed by atoms with Gasteiger partial charge in [0, 0.05) is 35.2 Å². The zero-order valence-electron chi connectivity index (χ0n) is 13.3. The SMILES string of the molecule is Cc1c(CC(=O)NCc2ccccc2Cl)c2ccccc2n1C. The molecule has 3 aromatic rings. The van der Waals surface area contributed by atoms with Gasteiger partial charge in [-0.2, -0.15) is 0 Å². The molecule has 0 aliphatic rings. The predicted octanol–water partition coefficient (Wildman–Crippen LogP) is 4.00. The Morgan fingerprint density at radius 3 is 2.61 bits per heavy atom. The molecule has 0 aliphatic carbocycles. The molecule has 1 N–H and O–H groups in total. The highest BCUT2D eigenvalue weighted by atomic mass is 35.5. The van der Waals surface area contributed by atoms with E-state index in [0.717, 1.165) is 27.7 Å². The summed E-state index contributed by atoms with van der Waals surface area (Å²) in [6.07, 6.45) is 0.373. The number of hydrogen-bond donors (Lipinski definition) is 1. The molecule has 1 amide bonds. The summed E-state index contributed by atoms with van der Waals surface area (Å²) in [5.74, 6) is 0.00405. The lowest BCUT2D eigenvalue weighted by Crippen LogP contribution is -2.25. The summed E-state index contributed by atoms with van der Waals surface area (Å²) in [5.41, 5.74) is 4.29. The summed E-state index contributed by atoms with van der Waals surface area (Å²) in [7, 11) is 2.03. The van der Waals surface area contributed by atoms with Crippen LogP contribution in [0.25, 0.3) is 10.9 Å². The monoisotopic (exact) mass is 326 g/mol. The van der Waals surface area contributed by atoms with Crippen molar-refractivity contribution in [2.24, 2.45) is 7.05 Å². The molecule has 1 heterocycles. The van der Waals surface area contributed by atoms with Crippen molar-refractivity contribution in [2.45, 2.75) is 19.9 Å². The fourth-order valence-electron chi connectivity index (χ4n) is 2.88. The Labute approximate surface area is 140 Å². The van der Waals surface area contributed by atoms with Gasteiger partial charge < -0.3 is 9.88 Å². The van der Waals surface area contributed by atoms with Crippen LogP contribution in [0.2, 0.25) is 5.02 Å². The second-order valence-electron chi connectivity index (χ2n) is 5.69. The van der Waals surface area contributed by atoms with Crippen molar-refractivity contribution in [3.05, 3.63) is 70.4 Å². The number of halogens is 1. The second-order valence-corrected chi connectivity index (χ2v) is 6.09. The minimum atomic E-state index is 0.00405. The van der Waals surface area contributed by atoms with Crippen LogP contribution in [-0.2, 0) is 24.8 Å². The van der Waals surface area contributed by atoms with Crippen molar-refractivity contribution >= 4 is 28.4 Å². The van der Waals surface area contributed by atoms with Crippen molar-refractivity contribution < 1.29 is 4.79 Å². The van der Waals surface area contributed by atoms with Gasteiger partial charge in [-0.1, -0.05) is 48.0 Å². The van der Waals surface area contributed by atoms with E-state index in [9.17, 15) is 4.79 Å². The average molecular weight is 327 g/mol. The maximum absolute atomic E-state index is 12.3. The van der Waals surface area contributed by atoms with Gasteiger partial charge in [0.1, 0.15) is 0 Å². The highest BCUT2D eigenvalue weighted by molar-refractivity contribution is 6.31. The van der Waals surface area contributed by atoms with E-state index in [1.165, 1.54) is 0 Å². The van der Waals surface area contributed by atoms with Gasteiger partial charge in [-0.25, -0.2) is 0 Å². The summed E-state index contributed by atoms with van der Waals surface area (Å²) >= 11 is 6.12. The summed E-state index contributed by atoms with van der Waals surface area (Å²) in [4.78, 5) is 12.3. The van der Waals surface area contributed by atoms with Gasteiger partial charge in [0.15, 0.2) is 0 Å². The number of nitrogens with one attached hydrogen (secondary N) is 1. The van der Waals surface area contributed by atoms with E-state index >= 15 is 0 Å². The van der Waals surface area contributed by atoms with E-state index in [1.807, 2.05) is 43.4 Å². The van der Waals surface area contributed by atoms with Gasteiger partial charge in [0.2, 0.25) is 5.91 Å². The molecule has 23 heavy (non-hydrogen) atoms. The van der Waals surface area contributed by atoms with Crippen LogP contribution < -0.4 is 5.32 Å². The first kappa shape index (κ1) is 15.6. The average Bonchev–Trinajstić information content (AvgIpc) is 2.80. The number of hydrogen-bond acceptors (Lipinski definition) is 1. The molecule has 2 aromatic carbocycles. The lowest BCUT2D eigenvalue weighted by Gasteiger charge is -2.07. The van der Waals surface area contributed by atoms with Gasteiger partial charge in [0.05, 0.1) is 6.42 Å². The van der Waals surface area contributed by atoms with Crippen LogP contribution in [0.4, 0.5) is 0 Å². The van der Waals surface area contributed by atoms with Crippen molar-refractivity contribution in [1.82, 2.24) is 9.88 Å². The smallest absolute Gasteiger partial charge is 0.224 e. The van der Waals surface area contributed by atoms with Gasteiger partial charge in [0.25, 0.3) is 0 Å². The van der Waals surface area contributed by atoms with E-state index in [0.29, 0.717) is 18.0 Å². The molecule has 118 valence electrons. The van der Waals surface area contributed by atoms with Gasteiger partial charge >= 0.3 is 0 Å². The van der Waals surface area contributed by atoms with E-state index in [4.69, 9.17) is 11.6 Å². The van der Waals surface area contributed by atoms with Gasteiger partial charge in [-0.05, 0) is 30.2 Å². The maximum atomic E-state index is 12.3. The Hall–Kier alpha value is -2.26. The third-order valence-electron chi connectivity index (χ3n) is 4.30. The number of carbonyl (C=O) groups excluding carboxylic acids is 1.